The van der Waals surface area contributed by atoms with Crippen LogP contribution in [0.15, 0.2) is 18.2 Å². The molecule has 27 heavy (non-hydrogen) atoms. The maximum absolute atomic E-state index is 12.5. The number of carbonyl (C=O) groups is 2. The first-order valence-electron chi connectivity index (χ1n) is 9.94. The Morgan fingerprint density at radius 1 is 1.22 bits per heavy atom. The van der Waals surface area contributed by atoms with Crippen molar-refractivity contribution in [1.82, 2.24) is 16.0 Å². The first-order chi connectivity index (χ1) is 13.2. The van der Waals surface area contributed by atoms with Gasteiger partial charge in [-0.3, -0.25) is 9.69 Å². The van der Waals surface area contributed by atoms with Gasteiger partial charge in [0.1, 0.15) is 5.75 Å². The third-order valence-corrected chi connectivity index (χ3v) is 5.29. The Hall–Kier alpha value is -2.28. The molecule has 3 N–H and O–H groups in total. The van der Waals surface area contributed by atoms with Crippen LogP contribution in [-0.2, 0) is 0 Å². The number of benzene rings is 1. The number of hydrogen-bond acceptors (Lipinski definition) is 4. The molecule has 1 heterocycles. The van der Waals surface area contributed by atoms with Crippen molar-refractivity contribution in [2.45, 2.75) is 44.6 Å². The Labute approximate surface area is 160 Å². The average Bonchev–Trinajstić information content (AvgIpc) is 2.95. The highest BCUT2D eigenvalue weighted by atomic mass is 16.5. The number of methoxy groups -OCH3 is 1. The second kappa shape index (κ2) is 9.60. The van der Waals surface area contributed by atoms with Crippen molar-refractivity contribution in [3.8, 4) is 5.75 Å². The van der Waals surface area contributed by atoms with Crippen molar-refractivity contribution < 1.29 is 14.3 Å². The summed E-state index contributed by atoms with van der Waals surface area (Å²) in [6.07, 6.45) is 7.72. The van der Waals surface area contributed by atoms with Crippen molar-refractivity contribution in [3.63, 3.8) is 0 Å². The van der Waals surface area contributed by atoms with Gasteiger partial charge < -0.3 is 20.7 Å². The fraction of sp³-hybridized carbons (Fsp3) is 0.600. The summed E-state index contributed by atoms with van der Waals surface area (Å²) in [5.41, 5.74) is 1.15. The molecule has 1 aromatic carbocycles. The third kappa shape index (κ3) is 5.13. The van der Waals surface area contributed by atoms with Crippen molar-refractivity contribution >= 4 is 17.6 Å². The van der Waals surface area contributed by atoms with Gasteiger partial charge in [0.25, 0.3) is 5.91 Å². The molecular formula is C20H30N4O3. The highest BCUT2D eigenvalue weighted by Gasteiger charge is 2.25. The van der Waals surface area contributed by atoms with Crippen LogP contribution in [0.5, 0.6) is 5.75 Å². The summed E-state index contributed by atoms with van der Waals surface area (Å²) in [5.74, 6) is 0.444. The fourth-order valence-corrected chi connectivity index (χ4v) is 3.78. The zero-order valence-corrected chi connectivity index (χ0v) is 16.1. The minimum absolute atomic E-state index is 0.138. The van der Waals surface area contributed by atoms with Crippen molar-refractivity contribution in [1.29, 1.82) is 0 Å². The molecular weight excluding hydrogens is 344 g/mol. The van der Waals surface area contributed by atoms with E-state index in [1.165, 1.54) is 38.5 Å². The first-order valence-corrected chi connectivity index (χ1v) is 9.94. The van der Waals surface area contributed by atoms with Crippen LogP contribution in [0.1, 0.15) is 48.9 Å². The van der Waals surface area contributed by atoms with Crippen LogP contribution in [0.3, 0.4) is 0 Å². The highest BCUT2D eigenvalue weighted by Crippen LogP contribution is 2.30. The van der Waals surface area contributed by atoms with Crippen LogP contribution in [0.4, 0.5) is 10.5 Å². The van der Waals surface area contributed by atoms with E-state index in [2.05, 4.69) is 16.0 Å². The predicted molar refractivity (Wildman–Crippen MR) is 106 cm³/mol. The molecule has 0 unspecified atom stereocenters. The minimum Gasteiger partial charge on any atom is -0.495 e. The van der Waals surface area contributed by atoms with Gasteiger partial charge in [-0.1, -0.05) is 25.7 Å². The zero-order valence-electron chi connectivity index (χ0n) is 16.1. The topological polar surface area (TPSA) is 82.7 Å². The molecule has 1 saturated heterocycles. The third-order valence-electron chi connectivity index (χ3n) is 5.29. The van der Waals surface area contributed by atoms with Gasteiger partial charge in [0, 0.05) is 37.8 Å². The second-order valence-corrected chi connectivity index (χ2v) is 7.17. The monoisotopic (exact) mass is 374 g/mol. The Balaban J connectivity index is 1.54. The Morgan fingerprint density at radius 3 is 2.67 bits per heavy atom. The Morgan fingerprint density at radius 2 is 2.00 bits per heavy atom. The van der Waals surface area contributed by atoms with Crippen LogP contribution in [0.2, 0.25) is 0 Å². The van der Waals surface area contributed by atoms with Crippen molar-refractivity contribution in [2.24, 2.45) is 0 Å². The number of rotatable bonds is 7. The molecule has 3 amide bonds. The normalized spacial score (nSPS) is 18.1. The summed E-state index contributed by atoms with van der Waals surface area (Å²) in [7, 11) is 1.56. The van der Waals surface area contributed by atoms with E-state index in [9.17, 15) is 9.59 Å². The van der Waals surface area contributed by atoms with Gasteiger partial charge >= 0.3 is 6.03 Å². The number of amides is 3. The number of nitrogens with zero attached hydrogens (tertiary/aromatic N) is 1. The van der Waals surface area contributed by atoms with Crippen LogP contribution in [0.25, 0.3) is 0 Å². The molecule has 1 aromatic rings. The predicted octanol–water partition coefficient (Wildman–Crippen LogP) is 2.27. The van der Waals surface area contributed by atoms with E-state index < -0.39 is 0 Å². The summed E-state index contributed by atoms with van der Waals surface area (Å²) < 4.78 is 5.35. The van der Waals surface area contributed by atoms with E-state index in [0.717, 1.165) is 6.54 Å². The quantitative estimate of drug-likeness (QED) is 0.505. The molecule has 0 aromatic heterocycles. The summed E-state index contributed by atoms with van der Waals surface area (Å²) in [6.45, 7) is 2.51. The maximum Gasteiger partial charge on any atom is 0.322 e. The van der Waals surface area contributed by atoms with Gasteiger partial charge in [-0.25, -0.2) is 4.79 Å². The fourth-order valence-electron chi connectivity index (χ4n) is 3.78. The van der Waals surface area contributed by atoms with Gasteiger partial charge in [0.15, 0.2) is 0 Å². The molecule has 0 spiro atoms. The van der Waals surface area contributed by atoms with Crippen LogP contribution < -0.4 is 25.6 Å². The molecule has 2 fully saturated rings. The minimum atomic E-state index is -0.168. The summed E-state index contributed by atoms with van der Waals surface area (Å²) in [6, 6.07) is 5.59. The lowest BCUT2D eigenvalue weighted by molar-refractivity contribution is 0.0953. The van der Waals surface area contributed by atoms with Gasteiger partial charge in [0.2, 0.25) is 0 Å². The lowest BCUT2D eigenvalue weighted by Crippen LogP contribution is -2.37. The molecule has 3 rings (SSSR count). The molecule has 1 aliphatic heterocycles. The SMILES string of the molecule is COc1ccc(C(=O)NCCNC2CCCCCC2)cc1N1CCNC1=O. The van der Waals surface area contributed by atoms with Gasteiger partial charge in [-0.2, -0.15) is 0 Å². The van der Waals surface area contributed by atoms with Gasteiger partial charge in [-0.05, 0) is 31.0 Å². The number of nitrogens with one attached hydrogen (secondary N) is 3. The molecule has 7 heteroatoms. The van der Waals surface area contributed by atoms with E-state index >= 15 is 0 Å². The van der Waals surface area contributed by atoms with E-state index in [0.29, 0.717) is 42.7 Å². The summed E-state index contributed by atoms with van der Waals surface area (Å²) in [4.78, 5) is 26.1. The molecule has 1 aliphatic carbocycles. The van der Waals surface area contributed by atoms with Crippen molar-refractivity contribution in [2.75, 3.05) is 38.2 Å². The molecule has 7 nitrogen and oxygen atoms in total. The van der Waals surface area contributed by atoms with Crippen LogP contribution in [0, 0.1) is 0 Å². The lowest BCUT2D eigenvalue weighted by Gasteiger charge is -2.19. The smallest absolute Gasteiger partial charge is 0.322 e. The van der Waals surface area contributed by atoms with Crippen LogP contribution >= 0.6 is 0 Å². The number of carbonyl (C=O) groups excluding carboxylic acids is 2. The second-order valence-electron chi connectivity index (χ2n) is 7.17. The average molecular weight is 374 g/mol. The van der Waals surface area contributed by atoms with Gasteiger partial charge in [-0.15, -0.1) is 0 Å². The first kappa shape index (κ1) is 19.5. The lowest BCUT2D eigenvalue weighted by atomic mass is 10.1. The van der Waals surface area contributed by atoms with Gasteiger partial charge in [0.05, 0.1) is 12.8 Å². The maximum atomic E-state index is 12.5. The largest absolute Gasteiger partial charge is 0.495 e. The molecule has 148 valence electrons. The molecule has 1 saturated carbocycles. The summed E-state index contributed by atoms with van der Waals surface area (Å²) in [5, 5.41) is 9.28. The molecule has 0 radical (unpaired) electrons. The molecule has 0 bridgehead atoms. The number of ether oxygens (including phenoxy) is 1. The van der Waals surface area contributed by atoms with E-state index in [1.54, 1.807) is 30.2 Å². The standard InChI is InChI=1S/C20H30N4O3/c1-27-18-9-8-15(14-17(18)24-13-12-23-20(24)26)19(25)22-11-10-21-16-6-4-2-3-5-7-16/h8-9,14,16,21H,2-7,10-13H2,1H3,(H,22,25)(H,23,26). The Kier molecular flexibility index (Phi) is 6.92. The molecule has 0 atom stereocenters. The zero-order chi connectivity index (χ0) is 19.1. The van der Waals surface area contributed by atoms with Crippen LogP contribution in [-0.4, -0.2) is 51.3 Å². The van der Waals surface area contributed by atoms with Crippen molar-refractivity contribution in [3.05, 3.63) is 23.8 Å². The van der Waals surface area contributed by atoms with E-state index in [4.69, 9.17) is 4.74 Å². The highest BCUT2D eigenvalue weighted by molar-refractivity contribution is 5.99. The number of hydrogen-bond donors (Lipinski definition) is 3. The summed E-state index contributed by atoms with van der Waals surface area (Å²) >= 11 is 0. The molecule has 2 aliphatic rings. The number of urea groups is 1. The van der Waals surface area contributed by atoms with E-state index in [1.807, 2.05) is 0 Å². The Bertz CT molecular complexity index is 657. The van der Waals surface area contributed by atoms with E-state index in [-0.39, 0.29) is 11.9 Å². The number of anilines is 1.